The van der Waals surface area contributed by atoms with Crippen LogP contribution in [0.15, 0.2) is 11.3 Å². The molecule has 3 nitrogen and oxygen atoms in total. The predicted molar refractivity (Wildman–Crippen MR) is 51.4 cm³/mol. The molecule has 0 unspecified atom stereocenters. The highest BCUT2D eigenvalue weighted by molar-refractivity contribution is 5.86. The van der Waals surface area contributed by atoms with E-state index in [1.807, 2.05) is 27.7 Å². The van der Waals surface area contributed by atoms with E-state index in [1.165, 1.54) is 0 Å². The van der Waals surface area contributed by atoms with Gasteiger partial charge in [0, 0.05) is 5.92 Å². The molecule has 0 aromatic heterocycles. The van der Waals surface area contributed by atoms with Crippen LogP contribution in [0, 0.1) is 5.92 Å². The molecule has 0 heterocycles. The molecule has 0 amide bonds. The maximum Gasteiger partial charge on any atom is 0.334 e. The number of carbonyl (C=O) groups is 1. The van der Waals surface area contributed by atoms with Crippen LogP contribution in [0.25, 0.3) is 0 Å². The molecule has 13 heavy (non-hydrogen) atoms. The summed E-state index contributed by atoms with van der Waals surface area (Å²) in [5.41, 5.74) is 0.295. The Morgan fingerprint density at radius 1 is 1.23 bits per heavy atom. The van der Waals surface area contributed by atoms with E-state index in [-0.39, 0.29) is 12.0 Å². The van der Waals surface area contributed by atoms with Gasteiger partial charge in [-0.1, -0.05) is 13.8 Å². The summed E-state index contributed by atoms with van der Waals surface area (Å²) in [7, 11) is 0. The Balaban J connectivity index is 4.78. The summed E-state index contributed by atoms with van der Waals surface area (Å²) in [5, 5.41) is 8.78. The van der Waals surface area contributed by atoms with Crippen LogP contribution in [0.1, 0.15) is 34.6 Å². The molecule has 0 radical (unpaired) electrons. The van der Waals surface area contributed by atoms with Gasteiger partial charge in [0.2, 0.25) is 0 Å². The highest BCUT2D eigenvalue weighted by Crippen LogP contribution is 2.18. The minimum absolute atomic E-state index is 0.0201. The largest absolute Gasteiger partial charge is 0.495 e. The number of allylic oxidation sites excluding steroid dienone is 1. The minimum atomic E-state index is -0.913. The van der Waals surface area contributed by atoms with E-state index in [1.54, 1.807) is 6.92 Å². The van der Waals surface area contributed by atoms with Crippen molar-refractivity contribution >= 4 is 5.97 Å². The third kappa shape index (κ3) is 3.97. The molecule has 0 aliphatic carbocycles. The second-order valence-corrected chi connectivity index (χ2v) is 3.62. The van der Waals surface area contributed by atoms with E-state index >= 15 is 0 Å². The van der Waals surface area contributed by atoms with Gasteiger partial charge in [-0.2, -0.15) is 0 Å². The first-order valence-corrected chi connectivity index (χ1v) is 4.47. The lowest BCUT2D eigenvalue weighted by Gasteiger charge is -2.18. The van der Waals surface area contributed by atoms with Crippen LogP contribution >= 0.6 is 0 Å². The van der Waals surface area contributed by atoms with Crippen LogP contribution in [0.5, 0.6) is 0 Å². The minimum Gasteiger partial charge on any atom is -0.495 e. The zero-order valence-electron chi connectivity index (χ0n) is 8.92. The maximum atomic E-state index is 10.7. The summed E-state index contributed by atoms with van der Waals surface area (Å²) in [4.78, 5) is 10.7. The van der Waals surface area contributed by atoms with Gasteiger partial charge >= 0.3 is 5.97 Å². The van der Waals surface area contributed by atoms with Crippen molar-refractivity contribution in [2.24, 2.45) is 5.92 Å². The molecule has 0 atom stereocenters. The van der Waals surface area contributed by atoms with Gasteiger partial charge in [-0.25, -0.2) is 4.79 Å². The van der Waals surface area contributed by atoms with Gasteiger partial charge in [0.15, 0.2) is 0 Å². The quantitative estimate of drug-likeness (QED) is 0.541. The van der Waals surface area contributed by atoms with Gasteiger partial charge in [0.05, 0.1) is 11.7 Å². The summed E-state index contributed by atoms with van der Waals surface area (Å²) < 4.78 is 5.43. The monoisotopic (exact) mass is 186 g/mol. The van der Waals surface area contributed by atoms with Crippen molar-refractivity contribution in [1.29, 1.82) is 0 Å². The number of hydrogen-bond donors (Lipinski definition) is 1. The first kappa shape index (κ1) is 12.0. The molecule has 0 bridgehead atoms. The van der Waals surface area contributed by atoms with Crippen LogP contribution in [0.3, 0.4) is 0 Å². The Morgan fingerprint density at radius 3 is 1.92 bits per heavy atom. The summed E-state index contributed by atoms with van der Waals surface area (Å²) in [6.07, 6.45) is 0.0201. The third-order valence-electron chi connectivity index (χ3n) is 1.58. The summed E-state index contributed by atoms with van der Waals surface area (Å²) in [6.45, 7) is 9.18. The van der Waals surface area contributed by atoms with Crippen LogP contribution in [0.2, 0.25) is 0 Å². The van der Waals surface area contributed by atoms with Crippen LogP contribution < -0.4 is 0 Å². The highest BCUT2D eigenvalue weighted by Gasteiger charge is 2.15. The Labute approximate surface area is 79.4 Å². The molecular weight excluding hydrogens is 168 g/mol. The molecule has 1 N–H and O–H groups in total. The lowest BCUT2D eigenvalue weighted by atomic mass is 10.1. The predicted octanol–water partition coefficient (Wildman–Crippen LogP) is 2.43. The third-order valence-corrected chi connectivity index (χ3v) is 1.58. The molecule has 0 rings (SSSR count). The van der Waals surface area contributed by atoms with Gasteiger partial charge < -0.3 is 9.84 Å². The second-order valence-electron chi connectivity index (χ2n) is 3.62. The van der Waals surface area contributed by atoms with Crippen LogP contribution in [-0.4, -0.2) is 17.2 Å². The van der Waals surface area contributed by atoms with E-state index in [4.69, 9.17) is 9.84 Å². The molecule has 0 aromatic carbocycles. The Bertz CT molecular complexity index is 214. The Hall–Kier alpha value is -0.990. The fraction of sp³-hybridized carbons (Fsp3) is 0.700. The smallest absolute Gasteiger partial charge is 0.334 e. The molecule has 0 aromatic rings. The van der Waals surface area contributed by atoms with Crippen molar-refractivity contribution < 1.29 is 14.6 Å². The lowest BCUT2D eigenvalue weighted by Crippen LogP contribution is -2.12. The second kappa shape index (κ2) is 4.90. The zero-order valence-corrected chi connectivity index (χ0v) is 8.92. The number of aliphatic carboxylic acids is 1. The lowest BCUT2D eigenvalue weighted by molar-refractivity contribution is -0.133. The molecule has 3 heteroatoms. The molecule has 0 spiro atoms. The summed E-state index contributed by atoms with van der Waals surface area (Å²) in [5.74, 6) is -0.231. The first-order chi connectivity index (χ1) is 5.86. The molecule has 0 aliphatic rings. The van der Waals surface area contributed by atoms with Crippen molar-refractivity contribution in [2.45, 2.75) is 40.7 Å². The van der Waals surface area contributed by atoms with Gasteiger partial charge in [0.1, 0.15) is 5.76 Å². The van der Waals surface area contributed by atoms with Crippen molar-refractivity contribution in [3.8, 4) is 0 Å². The normalized spacial score (nSPS) is 13.2. The number of carboxylic acid groups (broad SMARTS) is 1. The standard InChI is InChI=1S/C10H18O3/c1-6(2)9(13-7(3)4)8(5)10(11)12/h6-7H,1-5H3,(H,11,12)/b9-8+. The molecule has 0 aliphatic heterocycles. The number of carboxylic acids is 1. The van der Waals surface area contributed by atoms with Crippen molar-refractivity contribution in [2.75, 3.05) is 0 Å². The van der Waals surface area contributed by atoms with Crippen molar-refractivity contribution in [3.05, 3.63) is 11.3 Å². The fourth-order valence-electron chi connectivity index (χ4n) is 1.02. The van der Waals surface area contributed by atoms with Crippen molar-refractivity contribution in [3.63, 3.8) is 0 Å². The van der Waals surface area contributed by atoms with E-state index < -0.39 is 5.97 Å². The first-order valence-electron chi connectivity index (χ1n) is 4.47. The van der Waals surface area contributed by atoms with Gasteiger partial charge in [-0.05, 0) is 20.8 Å². The average Bonchev–Trinajstić information content (AvgIpc) is 1.97. The van der Waals surface area contributed by atoms with E-state index in [9.17, 15) is 4.79 Å². The SMILES string of the molecule is C/C(C(=O)O)=C(\OC(C)C)C(C)C. The van der Waals surface area contributed by atoms with E-state index in [0.717, 1.165) is 0 Å². The van der Waals surface area contributed by atoms with Gasteiger partial charge in [-0.3, -0.25) is 0 Å². The molecule has 76 valence electrons. The van der Waals surface area contributed by atoms with Crippen molar-refractivity contribution in [1.82, 2.24) is 0 Å². The number of rotatable bonds is 4. The Morgan fingerprint density at radius 2 is 1.69 bits per heavy atom. The van der Waals surface area contributed by atoms with Gasteiger partial charge in [0.25, 0.3) is 0 Å². The molecule has 0 saturated carbocycles. The fourth-order valence-corrected chi connectivity index (χ4v) is 1.02. The number of hydrogen-bond acceptors (Lipinski definition) is 2. The zero-order chi connectivity index (χ0) is 10.6. The Kier molecular flexibility index (Phi) is 4.52. The molecule has 0 saturated heterocycles. The summed E-state index contributed by atoms with van der Waals surface area (Å²) >= 11 is 0. The summed E-state index contributed by atoms with van der Waals surface area (Å²) in [6, 6.07) is 0. The van der Waals surface area contributed by atoms with Crippen LogP contribution in [-0.2, 0) is 9.53 Å². The van der Waals surface area contributed by atoms with E-state index in [0.29, 0.717) is 11.3 Å². The van der Waals surface area contributed by atoms with Crippen LogP contribution in [0.4, 0.5) is 0 Å². The average molecular weight is 186 g/mol. The molecular formula is C10H18O3. The van der Waals surface area contributed by atoms with Gasteiger partial charge in [-0.15, -0.1) is 0 Å². The maximum absolute atomic E-state index is 10.7. The molecule has 0 fully saturated rings. The topological polar surface area (TPSA) is 46.5 Å². The number of ether oxygens (including phenoxy) is 1. The van der Waals surface area contributed by atoms with E-state index in [2.05, 4.69) is 0 Å². The highest BCUT2D eigenvalue weighted by atomic mass is 16.5.